The number of imidazole rings is 1. The summed E-state index contributed by atoms with van der Waals surface area (Å²) in [5.41, 5.74) is 0. The summed E-state index contributed by atoms with van der Waals surface area (Å²) in [5.74, 6) is 0.129. The van der Waals surface area contributed by atoms with E-state index in [1.807, 2.05) is 0 Å². The first-order chi connectivity index (χ1) is 5.34. The summed E-state index contributed by atoms with van der Waals surface area (Å²) in [4.78, 5) is 15.0. The minimum atomic E-state index is 0.129. The highest BCUT2D eigenvalue weighted by atomic mass is 16.2. The zero-order chi connectivity index (χ0) is 8.10. The molecule has 0 aliphatic rings. The van der Waals surface area contributed by atoms with Gasteiger partial charge in [0.1, 0.15) is 6.33 Å². The zero-order valence-electron chi connectivity index (χ0n) is 6.66. The van der Waals surface area contributed by atoms with Gasteiger partial charge in [-0.05, 0) is 6.42 Å². The van der Waals surface area contributed by atoms with Crippen molar-refractivity contribution in [3.8, 4) is 0 Å². The molecule has 0 spiro atoms. The Bertz CT molecular complexity index is 216. The summed E-state index contributed by atoms with van der Waals surface area (Å²) in [6, 6.07) is 0. The van der Waals surface area contributed by atoms with Gasteiger partial charge in [0.25, 0.3) is 0 Å². The minimum absolute atomic E-state index is 0.129. The fourth-order valence-corrected chi connectivity index (χ4v) is 0.864. The predicted molar refractivity (Wildman–Crippen MR) is 42.4 cm³/mol. The first-order valence-electron chi connectivity index (χ1n) is 3.85. The van der Waals surface area contributed by atoms with Crippen molar-refractivity contribution < 1.29 is 4.79 Å². The lowest BCUT2D eigenvalue weighted by Gasteiger charge is -1.97. The summed E-state index contributed by atoms with van der Waals surface area (Å²) in [6.45, 7) is 2.07. The monoisotopic (exact) mass is 152 g/mol. The summed E-state index contributed by atoms with van der Waals surface area (Å²) in [5, 5.41) is 0. The van der Waals surface area contributed by atoms with Gasteiger partial charge in [-0.25, -0.2) is 4.98 Å². The van der Waals surface area contributed by atoms with Crippen LogP contribution in [-0.2, 0) is 0 Å². The number of hydrogen-bond donors (Lipinski definition) is 0. The normalized spacial score (nSPS) is 9.91. The van der Waals surface area contributed by atoms with Gasteiger partial charge in [0.15, 0.2) is 0 Å². The number of aromatic nitrogens is 2. The lowest BCUT2D eigenvalue weighted by atomic mass is 10.2. The Morgan fingerprint density at radius 2 is 2.45 bits per heavy atom. The van der Waals surface area contributed by atoms with Crippen LogP contribution in [0, 0.1) is 0 Å². The third kappa shape index (κ3) is 2.18. The average molecular weight is 152 g/mol. The molecule has 1 heterocycles. The van der Waals surface area contributed by atoms with Crippen LogP contribution in [0.4, 0.5) is 0 Å². The number of unbranched alkanes of at least 4 members (excludes halogenated alkanes) is 1. The van der Waals surface area contributed by atoms with Crippen molar-refractivity contribution in [2.24, 2.45) is 0 Å². The molecule has 0 aliphatic heterocycles. The molecule has 0 fully saturated rings. The van der Waals surface area contributed by atoms with E-state index in [9.17, 15) is 4.79 Å². The van der Waals surface area contributed by atoms with E-state index in [4.69, 9.17) is 0 Å². The lowest BCUT2D eigenvalue weighted by molar-refractivity contribution is 0.0899. The van der Waals surface area contributed by atoms with Crippen LogP contribution in [0.25, 0.3) is 0 Å². The van der Waals surface area contributed by atoms with Crippen LogP contribution < -0.4 is 0 Å². The van der Waals surface area contributed by atoms with Gasteiger partial charge in [0.05, 0.1) is 0 Å². The molecule has 0 saturated carbocycles. The van der Waals surface area contributed by atoms with Crippen LogP contribution in [0.2, 0.25) is 0 Å². The van der Waals surface area contributed by atoms with Crippen LogP contribution in [0.15, 0.2) is 18.7 Å². The van der Waals surface area contributed by atoms with Gasteiger partial charge >= 0.3 is 0 Å². The maximum absolute atomic E-state index is 11.2. The van der Waals surface area contributed by atoms with E-state index in [0.29, 0.717) is 6.42 Å². The van der Waals surface area contributed by atoms with Gasteiger partial charge in [0.2, 0.25) is 5.91 Å². The molecule has 0 aromatic carbocycles. The molecule has 0 saturated heterocycles. The summed E-state index contributed by atoms with van der Waals surface area (Å²) < 4.78 is 1.52. The van der Waals surface area contributed by atoms with Crippen LogP contribution in [0.5, 0.6) is 0 Å². The molecule has 0 amide bonds. The van der Waals surface area contributed by atoms with Gasteiger partial charge < -0.3 is 0 Å². The fourth-order valence-electron chi connectivity index (χ4n) is 0.864. The van der Waals surface area contributed by atoms with Crippen molar-refractivity contribution in [2.75, 3.05) is 0 Å². The Morgan fingerprint density at radius 1 is 1.64 bits per heavy atom. The highest BCUT2D eigenvalue weighted by Crippen LogP contribution is 1.97. The first-order valence-corrected chi connectivity index (χ1v) is 3.85. The van der Waals surface area contributed by atoms with Crippen molar-refractivity contribution in [3.05, 3.63) is 18.7 Å². The van der Waals surface area contributed by atoms with E-state index in [1.165, 1.54) is 10.9 Å². The number of hydrogen-bond acceptors (Lipinski definition) is 2. The van der Waals surface area contributed by atoms with Crippen LogP contribution in [0.3, 0.4) is 0 Å². The lowest BCUT2D eigenvalue weighted by Crippen LogP contribution is -2.07. The van der Waals surface area contributed by atoms with Gasteiger partial charge in [0, 0.05) is 18.8 Å². The van der Waals surface area contributed by atoms with Crippen molar-refractivity contribution in [2.45, 2.75) is 26.2 Å². The van der Waals surface area contributed by atoms with E-state index in [-0.39, 0.29) is 5.91 Å². The van der Waals surface area contributed by atoms with E-state index in [2.05, 4.69) is 11.9 Å². The topological polar surface area (TPSA) is 34.9 Å². The molecule has 1 aromatic rings. The number of rotatable bonds is 3. The molecule has 11 heavy (non-hydrogen) atoms. The van der Waals surface area contributed by atoms with Crippen molar-refractivity contribution in [3.63, 3.8) is 0 Å². The SMILES string of the molecule is CCCCC(=O)n1ccnc1. The number of carbonyl (C=O) groups is 1. The van der Waals surface area contributed by atoms with Gasteiger partial charge in [-0.3, -0.25) is 9.36 Å². The maximum atomic E-state index is 11.2. The summed E-state index contributed by atoms with van der Waals surface area (Å²) in [6.07, 6.45) is 7.46. The standard InChI is InChI=1S/C8H12N2O/c1-2-3-4-8(11)10-6-5-9-7-10/h5-7H,2-4H2,1H3. The van der Waals surface area contributed by atoms with Gasteiger partial charge in [-0.2, -0.15) is 0 Å². The van der Waals surface area contributed by atoms with E-state index < -0.39 is 0 Å². The molecule has 3 heteroatoms. The van der Waals surface area contributed by atoms with E-state index in [0.717, 1.165) is 12.8 Å². The van der Waals surface area contributed by atoms with Crippen molar-refractivity contribution in [1.29, 1.82) is 0 Å². The Labute approximate surface area is 66.1 Å². The summed E-state index contributed by atoms with van der Waals surface area (Å²) >= 11 is 0. The predicted octanol–water partition coefficient (Wildman–Crippen LogP) is 1.71. The van der Waals surface area contributed by atoms with Gasteiger partial charge in [-0.1, -0.05) is 13.3 Å². The van der Waals surface area contributed by atoms with Gasteiger partial charge in [-0.15, -0.1) is 0 Å². The van der Waals surface area contributed by atoms with Crippen LogP contribution >= 0.6 is 0 Å². The third-order valence-electron chi connectivity index (χ3n) is 1.54. The molecular formula is C8H12N2O. The smallest absolute Gasteiger partial charge is 0.231 e. The second-order valence-corrected chi connectivity index (χ2v) is 2.47. The van der Waals surface area contributed by atoms with E-state index >= 15 is 0 Å². The molecule has 0 atom stereocenters. The molecule has 0 unspecified atom stereocenters. The Morgan fingerprint density at radius 3 is 3.00 bits per heavy atom. The quantitative estimate of drug-likeness (QED) is 0.660. The second-order valence-electron chi connectivity index (χ2n) is 2.47. The first kappa shape index (κ1) is 7.98. The minimum Gasteiger partial charge on any atom is -0.276 e. The molecule has 3 nitrogen and oxygen atoms in total. The summed E-state index contributed by atoms with van der Waals surface area (Å²) in [7, 11) is 0. The van der Waals surface area contributed by atoms with Crippen molar-refractivity contribution in [1.82, 2.24) is 9.55 Å². The Balaban J connectivity index is 2.43. The molecule has 0 aliphatic carbocycles. The third-order valence-corrected chi connectivity index (χ3v) is 1.54. The van der Waals surface area contributed by atoms with E-state index in [1.54, 1.807) is 12.4 Å². The molecule has 0 bridgehead atoms. The fraction of sp³-hybridized carbons (Fsp3) is 0.500. The zero-order valence-corrected chi connectivity index (χ0v) is 6.66. The Hall–Kier alpha value is -1.12. The molecular weight excluding hydrogens is 140 g/mol. The highest BCUT2D eigenvalue weighted by Gasteiger charge is 2.00. The average Bonchev–Trinajstić information content (AvgIpc) is 2.52. The molecule has 0 radical (unpaired) electrons. The van der Waals surface area contributed by atoms with Crippen LogP contribution in [-0.4, -0.2) is 15.5 Å². The largest absolute Gasteiger partial charge is 0.276 e. The number of nitrogens with zero attached hydrogens (tertiary/aromatic N) is 2. The Kier molecular flexibility index (Phi) is 2.83. The highest BCUT2D eigenvalue weighted by molar-refractivity contribution is 5.78. The van der Waals surface area contributed by atoms with Crippen LogP contribution in [0.1, 0.15) is 31.0 Å². The van der Waals surface area contributed by atoms with Crippen molar-refractivity contribution >= 4 is 5.91 Å². The molecule has 60 valence electrons. The molecule has 1 rings (SSSR count). The maximum Gasteiger partial charge on any atom is 0.231 e. The molecule has 1 aromatic heterocycles. The second kappa shape index (κ2) is 3.91. The molecule has 0 N–H and O–H groups in total. The number of carbonyl (C=O) groups excluding carboxylic acids is 1.